The van der Waals surface area contributed by atoms with Crippen LogP contribution in [0.5, 0.6) is 5.75 Å². The molecule has 1 aliphatic rings. The van der Waals surface area contributed by atoms with Crippen molar-refractivity contribution in [1.29, 1.82) is 0 Å². The van der Waals surface area contributed by atoms with Crippen molar-refractivity contribution in [2.45, 2.75) is 77.6 Å². The first kappa shape index (κ1) is 22.0. The summed E-state index contributed by atoms with van der Waals surface area (Å²) in [5.41, 5.74) is 4.34. The van der Waals surface area contributed by atoms with Gasteiger partial charge in [-0.15, -0.1) is 0 Å². The summed E-state index contributed by atoms with van der Waals surface area (Å²) in [4.78, 5) is 3.43. The van der Waals surface area contributed by atoms with Gasteiger partial charge >= 0.3 is 184 Å². The van der Waals surface area contributed by atoms with E-state index in [4.69, 9.17) is 4.74 Å². The van der Waals surface area contributed by atoms with Crippen LogP contribution in [-0.2, 0) is 10.8 Å². The van der Waals surface area contributed by atoms with Gasteiger partial charge in [0.1, 0.15) is 0 Å². The Morgan fingerprint density at radius 3 is 2.41 bits per heavy atom. The van der Waals surface area contributed by atoms with Gasteiger partial charge in [-0.2, -0.15) is 0 Å². The standard InChI is InChI=1S/C27H34OSe/c1-6-7-11-17-28-24-20-22(29-18-14-21-12-9-8-10-13-21)19-23-25(24)27(4,5)16-15-26(23,2)3/h8-10,12-13,19-20H,6-7,11,15-17H2,1-5H3. The molecule has 1 nitrogen and oxygen atoms in total. The van der Waals surface area contributed by atoms with E-state index in [9.17, 15) is 0 Å². The van der Waals surface area contributed by atoms with Crippen LogP contribution in [0.4, 0.5) is 0 Å². The van der Waals surface area contributed by atoms with Gasteiger partial charge in [0.15, 0.2) is 0 Å². The number of rotatable bonds is 6. The average Bonchev–Trinajstić information content (AvgIpc) is 2.69. The van der Waals surface area contributed by atoms with Crippen LogP contribution in [0.25, 0.3) is 0 Å². The number of hydrogen-bond acceptors (Lipinski definition) is 1. The van der Waals surface area contributed by atoms with E-state index in [2.05, 4.69) is 69.6 Å². The normalized spacial score (nSPS) is 16.4. The molecule has 0 bridgehead atoms. The van der Waals surface area contributed by atoms with Gasteiger partial charge in [-0.1, -0.05) is 0 Å². The summed E-state index contributed by atoms with van der Waals surface area (Å²) in [6, 6.07) is 15.0. The molecule has 0 aliphatic heterocycles. The summed E-state index contributed by atoms with van der Waals surface area (Å²) in [6.45, 7) is 12.6. The molecule has 2 heteroatoms. The van der Waals surface area contributed by atoms with Crippen molar-refractivity contribution < 1.29 is 4.74 Å². The van der Waals surface area contributed by atoms with Crippen molar-refractivity contribution in [2.75, 3.05) is 6.61 Å². The van der Waals surface area contributed by atoms with Crippen molar-refractivity contribution in [2.24, 2.45) is 0 Å². The van der Waals surface area contributed by atoms with Crippen LogP contribution in [0.15, 0.2) is 42.5 Å². The second-order valence-corrected chi connectivity index (χ2v) is 11.2. The van der Waals surface area contributed by atoms with Gasteiger partial charge in [0.2, 0.25) is 0 Å². The molecule has 0 fully saturated rings. The van der Waals surface area contributed by atoms with Gasteiger partial charge in [0, 0.05) is 0 Å². The van der Waals surface area contributed by atoms with E-state index < -0.39 is 0 Å². The fourth-order valence-corrected chi connectivity index (χ4v) is 5.40. The van der Waals surface area contributed by atoms with Crippen molar-refractivity contribution in [3.63, 3.8) is 0 Å². The average molecular weight is 454 g/mol. The maximum absolute atomic E-state index is 6.40. The molecule has 2 aromatic carbocycles. The van der Waals surface area contributed by atoms with Crippen LogP contribution in [0.3, 0.4) is 0 Å². The first-order valence-electron chi connectivity index (χ1n) is 10.9. The van der Waals surface area contributed by atoms with Crippen LogP contribution in [0.2, 0.25) is 0 Å². The van der Waals surface area contributed by atoms with Crippen LogP contribution < -0.4 is 9.20 Å². The third-order valence-corrected chi connectivity index (χ3v) is 7.42. The summed E-state index contributed by atoms with van der Waals surface area (Å²) in [5, 5.41) is 0. The Morgan fingerprint density at radius 2 is 1.69 bits per heavy atom. The zero-order valence-corrected chi connectivity index (χ0v) is 20.3. The van der Waals surface area contributed by atoms with E-state index >= 15 is 0 Å². The summed E-state index contributed by atoms with van der Waals surface area (Å²) in [7, 11) is 0. The molecule has 0 heterocycles. The summed E-state index contributed by atoms with van der Waals surface area (Å²) in [6.07, 6.45) is 5.99. The van der Waals surface area contributed by atoms with Crippen molar-refractivity contribution >= 4 is 19.4 Å². The van der Waals surface area contributed by atoms with Gasteiger partial charge in [0.05, 0.1) is 0 Å². The van der Waals surface area contributed by atoms with Crippen molar-refractivity contribution in [3.05, 3.63) is 59.2 Å². The third-order valence-electron chi connectivity index (χ3n) is 6.00. The van der Waals surface area contributed by atoms with Crippen LogP contribution >= 0.6 is 0 Å². The Hall–Kier alpha value is -1.68. The van der Waals surface area contributed by atoms with Crippen molar-refractivity contribution in [3.8, 4) is 16.5 Å². The second kappa shape index (κ2) is 9.42. The Balaban J connectivity index is 1.94. The molecule has 0 amide bonds. The third kappa shape index (κ3) is 5.48. The molecule has 2 aromatic rings. The summed E-state index contributed by atoms with van der Waals surface area (Å²) >= 11 is 0.115. The van der Waals surface area contributed by atoms with Crippen LogP contribution in [-0.4, -0.2) is 21.6 Å². The summed E-state index contributed by atoms with van der Waals surface area (Å²) < 4.78 is 7.73. The SMILES string of the molecule is CCCCCOc1cc([Se]C#Cc2ccccc2)cc2c1C(C)(C)CCC2(C)C. The molecule has 29 heavy (non-hydrogen) atoms. The molecule has 0 spiro atoms. The Morgan fingerprint density at radius 1 is 0.966 bits per heavy atom. The Kier molecular flexibility index (Phi) is 7.15. The second-order valence-electron chi connectivity index (χ2n) is 9.36. The molecule has 0 N–H and O–H groups in total. The molecule has 154 valence electrons. The molecule has 0 atom stereocenters. The molecule has 0 radical (unpaired) electrons. The Labute approximate surface area is 183 Å². The van der Waals surface area contributed by atoms with E-state index in [1.54, 1.807) is 0 Å². The van der Waals surface area contributed by atoms with E-state index in [0.29, 0.717) is 0 Å². The van der Waals surface area contributed by atoms with Crippen molar-refractivity contribution in [1.82, 2.24) is 0 Å². The fraction of sp³-hybridized carbons (Fsp3) is 0.481. The predicted molar refractivity (Wildman–Crippen MR) is 125 cm³/mol. The molecule has 0 aromatic heterocycles. The monoisotopic (exact) mass is 454 g/mol. The number of unbranched alkanes of at least 4 members (excludes halogenated alkanes) is 2. The minimum absolute atomic E-state index is 0.115. The van der Waals surface area contributed by atoms with Gasteiger partial charge in [-0.05, 0) is 0 Å². The van der Waals surface area contributed by atoms with E-state index in [1.165, 1.54) is 41.3 Å². The first-order chi connectivity index (χ1) is 13.8. The summed E-state index contributed by atoms with van der Waals surface area (Å²) in [5.74, 6) is 4.43. The van der Waals surface area contributed by atoms with Gasteiger partial charge < -0.3 is 0 Å². The molecule has 1 aliphatic carbocycles. The van der Waals surface area contributed by atoms with Gasteiger partial charge in [-0.25, -0.2) is 0 Å². The predicted octanol–water partition coefficient (Wildman–Crippen LogP) is 5.94. The minimum atomic E-state index is 0.115. The quantitative estimate of drug-likeness (QED) is 0.299. The molecule has 0 saturated heterocycles. The number of ether oxygens (including phenoxy) is 1. The topological polar surface area (TPSA) is 9.23 Å². The molecule has 0 saturated carbocycles. The molecule has 0 unspecified atom stereocenters. The fourth-order valence-electron chi connectivity index (χ4n) is 4.08. The first-order valence-corrected chi connectivity index (χ1v) is 12.6. The van der Waals surface area contributed by atoms with E-state index in [1.807, 2.05) is 18.2 Å². The number of benzene rings is 2. The molecular weight excluding hydrogens is 419 g/mol. The van der Waals surface area contributed by atoms with Gasteiger partial charge in [0.25, 0.3) is 0 Å². The van der Waals surface area contributed by atoms with E-state index in [0.717, 1.165) is 24.3 Å². The number of hydrogen-bond donors (Lipinski definition) is 0. The number of fused-ring (bicyclic) bond motifs is 1. The Bertz CT molecular complexity index is 884. The maximum atomic E-state index is 6.40. The molecular formula is C27H34OSe. The van der Waals surface area contributed by atoms with Gasteiger partial charge in [-0.3, -0.25) is 0 Å². The van der Waals surface area contributed by atoms with Crippen LogP contribution in [0.1, 0.15) is 83.4 Å². The zero-order valence-electron chi connectivity index (χ0n) is 18.6. The zero-order chi connectivity index (χ0) is 20.9. The molecule has 3 rings (SSSR count). The van der Waals surface area contributed by atoms with Crippen LogP contribution in [0, 0.1) is 10.7 Å². The van der Waals surface area contributed by atoms with E-state index in [-0.39, 0.29) is 25.8 Å².